The van der Waals surface area contributed by atoms with Gasteiger partial charge in [-0.25, -0.2) is 0 Å². The minimum absolute atomic E-state index is 0. The Hall–Kier alpha value is -0.0613. The second-order valence-corrected chi connectivity index (χ2v) is 3.88. The Balaban J connectivity index is 0.00000144. The number of nitrogens with two attached hydrogens (primary N) is 1. The van der Waals surface area contributed by atoms with Gasteiger partial charge in [0.25, 0.3) is 0 Å². The van der Waals surface area contributed by atoms with Crippen molar-refractivity contribution in [3.8, 4) is 0 Å². The third kappa shape index (κ3) is 3.66. The Morgan fingerprint density at radius 3 is 1.85 bits per heavy atom. The molecular formula is C10H21N2Sn+. The molecule has 0 aromatic heterocycles. The van der Waals surface area contributed by atoms with E-state index in [4.69, 9.17) is 5.73 Å². The maximum atomic E-state index is 5.50. The van der Waals surface area contributed by atoms with Gasteiger partial charge in [-0.3, -0.25) is 4.48 Å². The van der Waals surface area contributed by atoms with Gasteiger partial charge in [0.1, 0.15) is 5.69 Å². The van der Waals surface area contributed by atoms with E-state index in [1.807, 2.05) is 0 Å². The van der Waals surface area contributed by atoms with Crippen LogP contribution in [0.2, 0.25) is 0 Å². The molecule has 0 saturated heterocycles. The van der Waals surface area contributed by atoms with Gasteiger partial charge in [0.2, 0.25) is 0 Å². The van der Waals surface area contributed by atoms with Crippen LogP contribution in [0, 0.1) is 0 Å². The molecule has 0 fully saturated rings. The summed E-state index contributed by atoms with van der Waals surface area (Å²) < 4.78 is 0.852. The number of nitrogens with zero attached hydrogens (tertiary/aromatic N) is 1. The van der Waals surface area contributed by atoms with Crippen LogP contribution >= 0.6 is 0 Å². The summed E-state index contributed by atoms with van der Waals surface area (Å²) in [5.41, 5.74) is 7.99. The minimum atomic E-state index is 0. The summed E-state index contributed by atoms with van der Waals surface area (Å²) in [5.74, 6) is 0. The number of benzene rings is 1. The van der Waals surface area contributed by atoms with Crippen molar-refractivity contribution in [1.82, 2.24) is 4.48 Å². The summed E-state index contributed by atoms with van der Waals surface area (Å²) in [4.78, 5) is 0. The van der Waals surface area contributed by atoms with Crippen molar-refractivity contribution in [3.05, 3.63) is 29.8 Å². The van der Waals surface area contributed by atoms with E-state index in [1.54, 1.807) is 0 Å². The first-order chi connectivity index (χ1) is 5.54. The zero-order valence-electron chi connectivity index (χ0n) is 8.04. The molecule has 0 amide bonds. The fourth-order valence-electron chi connectivity index (χ4n) is 1.08. The Morgan fingerprint density at radius 2 is 1.54 bits per heavy atom. The summed E-state index contributed by atoms with van der Waals surface area (Å²) in [6, 6.07) is 8.42. The summed E-state index contributed by atoms with van der Waals surface area (Å²) in [5, 5.41) is 0. The van der Waals surface area contributed by atoms with Crippen LogP contribution in [0.1, 0.15) is 5.56 Å². The number of rotatable bonds is 2. The zero-order valence-corrected chi connectivity index (χ0v) is 8.04. The summed E-state index contributed by atoms with van der Waals surface area (Å²) >= 11 is 0. The first-order valence-corrected chi connectivity index (χ1v) is 4.15. The SMILES string of the molecule is C[N+](C)(C)c1ccc(CN)cc1.[SnH4]. The summed E-state index contributed by atoms with van der Waals surface area (Å²) in [6.07, 6.45) is 0. The molecule has 0 saturated carbocycles. The van der Waals surface area contributed by atoms with Crippen LogP contribution in [-0.2, 0) is 6.54 Å². The van der Waals surface area contributed by atoms with E-state index in [9.17, 15) is 0 Å². The molecule has 1 aromatic rings. The molecule has 13 heavy (non-hydrogen) atoms. The first-order valence-electron chi connectivity index (χ1n) is 4.15. The Kier molecular flexibility index (Phi) is 4.96. The Bertz CT molecular complexity index is 249. The van der Waals surface area contributed by atoms with Gasteiger partial charge in [0.05, 0.1) is 21.1 Å². The third-order valence-electron chi connectivity index (χ3n) is 1.95. The van der Waals surface area contributed by atoms with Gasteiger partial charge in [-0.05, 0) is 17.7 Å². The van der Waals surface area contributed by atoms with E-state index in [0.717, 1.165) is 4.48 Å². The number of quaternary nitrogens is 1. The van der Waals surface area contributed by atoms with Crippen LogP contribution < -0.4 is 10.2 Å². The van der Waals surface area contributed by atoms with E-state index in [2.05, 4.69) is 45.4 Å². The number of hydrogen-bond acceptors (Lipinski definition) is 1. The van der Waals surface area contributed by atoms with Crippen molar-refractivity contribution in [2.45, 2.75) is 6.54 Å². The van der Waals surface area contributed by atoms with Crippen LogP contribution in [0.5, 0.6) is 0 Å². The Labute approximate surface area is 97.3 Å². The van der Waals surface area contributed by atoms with E-state index in [0.29, 0.717) is 6.54 Å². The summed E-state index contributed by atoms with van der Waals surface area (Å²) in [7, 11) is 6.45. The molecule has 0 radical (unpaired) electrons. The molecule has 0 atom stereocenters. The van der Waals surface area contributed by atoms with Crippen LogP contribution in [0.3, 0.4) is 0 Å². The first kappa shape index (κ1) is 12.9. The molecule has 0 aliphatic carbocycles. The average molecular weight is 288 g/mol. The second-order valence-electron chi connectivity index (χ2n) is 3.88. The van der Waals surface area contributed by atoms with Crippen LogP contribution in [0.25, 0.3) is 0 Å². The molecule has 0 aliphatic rings. The molecule has 0 heterocycles. The van der Waals surface area contributed by atoms with Gasteiger partial charge < -0.3 is 5.73 Å². The van der Waals surface area contributed by atoms with Gasteiger partial charge >= 0.3 is 23.9 Å². The topological polar surface area (TPSA) is 26.0 Å². The van der Waals surface area contributed by atoms with Gasteiger partial charge in [-0.15, -0.1) is 0 Å². The van der Waals surface area contributed by atoms with Crippen molar-refractivity contribution >= 4 is 29.6 Å². The fourth-order valence-corrected chi connectivity index (χ4v) is 1.08. The zero-order chi connectivity index (χ0) is 9.19. The molecule has 0 aliphatic heterocycles. The third-order valence-corrected chi connectivity index (χ3v) is 1.95. The molecular weight excluding hydrogens is 267 g/mol. The van der Waals surface area contributed by atoms with Crippen molar-refractivity contribution in [3.63, 3.8) is 0 Å². The fraction of sp³-hybridized carbons (Fsp3) is 0.400. The quantitative estimate of drug-likeness (QED) is 0.596. The molecule has 0 spiro atoms. The van der Waals surface area contributed by atoms with E-state index in [1.165, 1.54) is 11.3 Å². The molecule has 0 unspecified atom stereocenters. The van der Waals surface area contributed by atoms with Gasteiger partial charge in [0, 0.05) is 6.54 Å². The monoisotopic (exact) mass is 289 g/mol. The predicted octanol–water partition coefficient (Wildman–Crippen LogP) is -0.110. The van der Waals surface area contributed by atoms with E-state index >= 15 is 0 Å². The van der Waals surface area contributed by atoms with E-state index < -0.39 is 0 Å². The van der Waals surface area contributed by atoms with Crippen molar-refractivity contribution < 1.29 is 0 Å². The predicted molar refractivity (Wildman–Crippen MR) is 65.2 cm³/mol. The molecule has 1 aromatic carbocycles. The number of hydrogen-bond donors (Lipinski definition) is 1. The molecule has 1 rings (SSSR count). The van der Waals surface area contributed by atoms with Crippen molar-refractivity contribution in [2.24, 2.45) is 5.73 Å². The average Bonchev–Trinajstić information content (AvgIpc) is 2.03. The Morgan fingerprint density at radius 1 is 1.08 bits per heavy atom. The molecule has 2 N–H and O–H groups in total. The second kappa shape index (κ2) is 4.98. The van der Waals surface area contributed by atoms with E-state index in [-0.39, 0.29) is 23.9 Å². The van der Waals surface area contributed by atoms with Crippen molar-refractivity contribution in [1.29, 1.82) is 0 Å². The van der Waals surface area contributed by atoms with Gasteiger partial charge in [-0.2, -0.15) is 0 Å². The molecule has 0 bridgehead atoms. The van der Waals surface area contributed by atoms with Gasteiger partial charge in [0.15, 0.2) is 0 Å². The van der Waals surface area contributed by atoms with Crippen molar-refractivity contribution in [2.75, 3.05) is 21.1 Å². The van der Waals surface area contributed by atoms with Crippen LogP contribution in [-0.4, -0.2) is 45.1 Å². The molecule has 2 nitrogen and oxygen atoms in total. The molecule has 74 valence electrons. The maximum absolute atomic E-state index is 5.50. The standard InChI is InChI=1S/C10H17N2.Sn.4H/c1-12(2,3)10-6-4-9(8-11)5-7-10;;;;;/h4-7H,8,11H2,1-3H3;;;;;/q+1;;;;;. The van der Waals surface area contributed by atoms with Gasteiger partial charge in [-0.1, -0.05) is 12.1 Å². The van der Waals surface area contributed by atoms with Crippen LogP contribution in [0.4, 0.5) is 5.69 Å². The van der Waals surface area contributed by atoms with Crippen LogP contribution in [0.15, 0.2) is 24.3 Å². The summed E-state index contributed by atoms with van der Waals surface area (Å²) in [6.45, 7) is 0.622. The normalized spacial score (nSPS) is 10.8. The molecule has 3 heteroatoms.